The van der Waals surface area contributed by atoms with Crippen LogP contribution in [0.15, 0.2) is 24.5 Å². The molecule has 0 saturated carbocycles. The van der Waals surface area contributed by atoms with E-state index in [1.165, 1.54) is 4.88 Å². The molecule has 2 rings (SSSR count). The first-order valence-corrected chi connectivity index (χ1v) is 6.79. The van der Waals surface area contributed by atoms with Crippen molar-refractivity contribution < 1.29 is 0 Å². The van der Waals surface area contributed by atoms with Crippen molar-refractivity contribution in [2.24, 2.45) is 0 Å². The minimum Gasteiger partial charge on any atom is -0.353 e. The fraction of sp³-hybridized carbons (Fsp3) is 0.333. The first-order valence-electron chi connectivity index (χ1n) is 5.60. The standard InChI is InChI=1S/C12H15ClN4S/c1-14-5-9-6-16-12(7-15-9)17(2)8-10-3-4-11(13)18-10/h3-4,6-7,14H,5,8H2,1-2H3. The van der Waals surface area contributed by atoms with Gasteiger partial charge >= 0.3 is 0 Å². The first-order chi connectivity index (χ1) is 8.69. The van der Waals surface area contributed by atoms with Gasteiger partial charge in [-0.05, 0) is 19.2 Å². The summed E-state index contributed by atoms with van der Waals surface area (Å²) in [5.41, 5.74) is 0.939. The Morgan fingerprint density at radius 2 is 2.17 bits per heavy atom. The third kappa shape index (κ3) is 3.41. The van der Waals surface area contributed by atoms with E-state index in [0.29, 0.717) is 0 Å². The van der Waals surface area contributed by atoms with E-state index in [4.69, 9.17) is 11.6 Å². The normalized spacial score (nSPS) is 10.6. The van der Waals surface area contributed by atoms with Gasteiger partial charge in [0.25, 0.3) is 0 Å². The second-order valence-corrected chi connectivity index (χ2v) is 5.76. The van der Waals surface area contributed by atoms with Crippen LogP contribution in [0.1, 0.15) is 10.6 Å². The first kappa shape index (κ1) is 13.3. The Labute approximate surface area is 116 Å². The van der Waals surface area contributed by atoms with Gasteiger partial charge in [0.15, 0.2) is 0 Å². The van der Waals surface area contributed by atoms with E-state index >= 15 is 0 Å². The molecule has 0 saturated heterocycles. The smallest absolute Gasteiger partial charge is 0.147 e. The minimum atomic E-state index is 0.734. The lowest BCUT2D eigenvalue weighted by atomic mass is 10.4. The van der Waals surface area contributed by atoms with Crippen molar-refractivity contribution in [2.45, 2.75) is 13.1 Å². The van der Waals surface area contributed by atoms with Gasteiger partial charge in [-0.25, -0.2) is 4.98 Å². The molecule has 2 heterocycles. The van der Waals surface area contributed by atoms with Gasteiger partial charge in [0.2, 0.25) is 0 Å². The molecule has 0 spiro atoms. The summed E-state index contributed by atoms with van der Waals surface area (Å²) in [6.45, 7) is 1.52. The molecule has 0 aliphatic carbocycles. The molecule has 1 N–H and O–H groups in total. The summed E-state index contributed by atoms with van der Waals surface area (Å²) in [5.74, 6) is 0.861. The summed E-state index contributed by atoms with van der Waals surface area (Å²) >= 11 is 7.50. The predicted molar refractivity (Wildman–Crippen MR) is 76.2 cm³/mol. The van der Waals surface area contributed by atoms with E-state index in [-0.39, 0.29) is 0 Å². The van der Waals surface area contributed by atoms with Crippen LogP contribution in [0, 0.1) is 0 Å². The number of hydrogen-bond acceptors (Lipinski definition) is 5. The van der Waals surface area contributed by atoms with Crippen molar-refractivity contribution in [2.75, 3.05) is 19.0 Å². The van der Waals surface area contributed by atoms with Crippen molar-refractivity contribution in [3.8, 4) is 0 Å². The van der Waals surface area contributed by atoms with Gasteiger partial charge in [-0.2, -0.15) is 0 Å². The third-order valence-corrected chi connectivity index (χ3v) is 3.68. The quantitative estimate of drug-likeness (QED) is 0.915. The molecule has 4 nitrogen and oxygen atoms in total. The number of rotatable bonds is 5. The molecule has 0 amide bonds. The number of nitrogens with zero attached hydrogens (tertiary/aromatic N) is 3. The lowest BCUT2D eigenvalue weighted by molar-refractivity contribution is 0.780. The maximum atomic E-state index is 5.91. The Balaban J connectivity index is 2.02. The summed E-state index contributed by atoms with van der Waals surface area (Å²) in [5, 5.41) is 3.05. The second kappa shape index (κ2) is 6.13. The highest BCUT2D eigenvalue weighted by atomic mass is 35.5. The monoisotopic (exact) mass is 282 g/mol. The van der Waals surface area contributed by atoms with Gasteiger partial charge in [0, 0.05) is 18.5 Å². The average Bonchev–Trinajstić information content (AvgIpc) is 2.76. The molecule has 18 heavy (non-hydrogen) atoms. The molecule has 0 unspecified atom stereocenters. The SMILES string of the molecule is CNCc1cnc(N(C)Cc2ccc(Cl)s2)cn1. The fourth-order valence-corrected chi connectivity index (χ4v) is 2.71. The van der Waals surface area contributed by atoms with Crippen LogP contribution in [0.3, 0.4) is 0 Å². The van der Waals surface area contributed by atoms with Gasteiger partial charge in [-0.3, -0.25) is 4.98 Å². The number of anilines is 1. The van der Waals surface area contributed by atoms with Crippen molar-refractivity contribution in [1.29, 1.82) is 0 Å². The molecule has 0 bridgehead atoms. The molecule has 0 radical (unpaired) electrons. The molecule has 0 fully saturated rings. The zero-order valence-corrected chi connectivity index (χ0v) is 11.9. The zero-order chi connectivity index (χ0) is 13.0. The number of nitrogens with one attached hydrogen (secondary N) is 1. The van der Waals surface area contributed by atoms with Crippen LogP contribution < -0.4 is 10.2 Å². The third-order valence-electron chi connectivity index (χ3n) is 2.46. The lowest BCUT2D eigenvalue weighted by Gasteiger charge is -2.16. The molecule has 96 valence electrons. The molecule has 6 heteroatoms. The van der Waals surface area contributed by atoms with Crippen molar-refractivity contribution in [3.05, 3.63) is 39.4 Å². The van der Waals surface area contributed by atoms with E-state index in [9.17, 15) is 0 Å². The zero-order valence-electron chi connectivity index (χ0n) is 10.4. The van der Waals surface area contributed by atoms with Crippen LogP contribution in [-0.2, 0) is 13.1 Å². The molecule has 2 aromatic rings. The highest BCUT2D eigenvalue weighted by Crippen LogP contribution is 2.23. The van der Waals surface area contributed by atoms with E-state index in [1.54, 1.807) is 23.7 Å². The van der Waals surface area contributed by atoms with Crippen LogP contribution >= 0.6 is 22.9 Å². The number of hydrogen-bond donors (Lipinski definition) is 1. The summed E-state index contributed by atoms with van der Waals surface area (Å²) in [4.78, 5) is 12.0. The van der Waals surface area contributed by atoms with Gasteiger partial charge in [-0.15, -0.1) is 11.3 Å². The number of thiophene rings is 1. The van der Waals surface area contributed by atoms with Crippen LogP contribution in [0.4, 0.5) is 5.82 Å². The highest BCUT2D eigenvalue weighted by molar-refractivity contribution is 7.16. The Hall–Kier alpha value is -1.17. The van der Waals surface area contributed by atoms with Crippen molar-refractivity contribution >= 4 is 28.8 Å². The maximum Gasteiger partial charge on any atom is 0.147 e. The number of aromatic nitrogens is 2. The fourth-order valence-electron chi connectivity index (χ4n) is 1.57. The predicted octanol–water partition coefficient (Wildman–Crippen LogP) is 2.55. The highest BCUT2D eigenvalue weighted by Gasteiger charge is 2.06. The molecule has 0 aliphatic heterocycles. The summed E-state index contributed by atoms with van der Waals surface area (Å²) in [6, 6.07) is 3.95. The van der Waals surface area contributed by atoms with Crippen LogP contribution in [-0.4, -0.2) is 24.1 Å². The van der Waals surface area contributed by atoms with Gasteiger partial charge < -0.3 is 10.2 Å². The largest absolute Gasteiger partial charge is 0.353 e. The Morgan fingerprint density at radius 1 is 1.33 bits per heavy atom. The Bertz CT molecular complexity index is 497. The van der Waals surface area contributed by atoms with Crippen LogP contribution in [0.2, 0.25) is 4.34 Å². The van der Waals surface area contributed by atoms with Gasteiger partial charge in [-0.1, -0.05) is 11.6 Å². The summed E-state index contributed by atoms with van der Waals surface area (Å²) in [7, 11) is 3.89. The Morgan fingerprint density at radius 3 is 2.72 bits per heavy atom. The van der Waals surface area contributed by atoms with E-state index < -0.39 is 0 Å². The molecule has 0 aromatic carbocycles. The molecule has 0 aliphatic rings. The van der Waals surface area contributed by atoms with Gasteiger partial charge in [0.1, 0.15) is 5.82 Å². The summed E-state index contributed by atoms with van der Waals surface area (Å²) < 4.78 is 0.814. The van der Waals surface area contributed by atoms with E-state index in [1.807, 2.05) is 26.2 Å². The minimum absolute atomic E-state index is 0.734. The molecule has 0 atom stereocenters. The molecular weight excluding hydrogens is 268 g/mol. The van der Waals surface area contributed by atoms with Crippen molar-refractivity contribution in [3.63, 3.8) is 0 Å². The Kier molecular flexibility index (Phi) is 4.52. The second-order valence-electron chi connectivity index (χ2n) is 3.96. The van der Waals surface area contributed by atoms with Crippen LogP contribution in [0.25, 0.3) is 0 Å². The van der Waals surface area contributed by atoms with Crippen molar-refractivity contribution in [1.82, 2.24) is 15.3 Å². The average molecular weight is 283 g/mol. The van der Waals surface area contributed by atoms with E-state index in [0.717, 1.165) is 28.9 Å². The molecular formula is C12H15ClN4S. The number of halogens is 1. The lowest BCUT2D eigenvalue weighted by Crippen LogP contribution is -2.17. The van der Waals surface area contributed by atoms with E-state index in [2.05, 4.69) is 20.2 Å². The molecule has 2 aromatic heterocycles. The maximum absolute atomic E-state index is 5.91. The van der Waals surface area contributed by atoms with Crippen LogP contribution in [0.5, 0.6) is 0 Å². The summed E-state index contributed by atoms with van der Waals surface area (Å²) in [6.07, 6.45) is 3.59. The van der Waals surface area contributed by atoms with Gasteiger partial charge in [0.05, 0.1) is 29.0 Å². The topological polar surface area (TPSA) is 41.1 Å².